The van der Waals surface area contributed by atoms with E-state index in [-0.39, 0.29) is 5.75 Å². The van der Waals surface area contributed by atoms with Crippen molar-refractivity contribution in [2.45, 2.75) is 32.9 Å². The van der Waals surface area contributed by atoms with Gasteiger partial charge in [0.2, 0.25) is 5.75 Å². The molecule has 0 aliphatic rings. The molecule has 1 rings (SSSR count). The van der Waals surface area contributed by atoms with E-state index in [1.165, 1.54) is 25.7 Å². The molecule has 0 radical (unpaired) electrons. The fourth-order valence-electron chi connectivity index (χ4n) is 1.85. The van der Waals surface area contributed by atoms with Gasteiger partial charge in [0, 0.05) is 12.6 Å². The molecule has 1 aromatic rings. The van der Waals surface area contributed by atoms with Crippen LogP contribution in [0.2, 0.25) is 0 Å². The number of aromatic hydroxyl groups is 1. The van der Waals surface area contributed by atoms with Crippen molar-refractivity contribution in [3.05, 3.63) is 17.7 Å². The van der Waals surface area contributed by atoms with E-state index in [0.29, 0.717) is 17.5 Å². The van der Waals surface area contributed by atoms with Crippen molar-refractivity contribution in [3.8, 4) is 17.2 Å². The second-order valence-electron chi connectivity index (χ2n) is 4.62. The van der Waals surface area contributed by atoms with Gasteiger partial charge in [-0.05, 0) is 42.5 Å². The fourth-order valence-corrected chi connectivity index (χ4v) is 2.66. The number of ether oxygens (including phenoxy) is 2. The van der Waals surface area contributed by atoms with E-state index in [1.54, 1.807) is 0 Å². The Kier molecular flexibility index (Phi) is 7.62. The number of hydrogen-bond acceptors (Lipinski definition) is 5. The first kappa shape index (κ1) is 17.0. The van der Waals surface area contributed by atoms with Gasteiger partial charge in [-0.1, -0.05) is 6.92 Å². The van der Waals surface area contributed by atoms with Crippen molar-refractivity contribution in [2.75, 3.05) is 25.7 Å². The van der Waals surface area contributed by atoms with Crippen molar-refractivity contribution in [3.63, 3.8) is 0 Å². The Morgan fingerprint density at radius 1 is 1.25 bits per heavy atom. The van der Waals surface area contributed by atoms with Crippen molar-refractivity contribution in [2.24, 2.45) is 0 Å². The molecule has 0 bridgehead atoms. The monoisotopic (exact) mass is 299 g/mol. The Morgan fingerprint density at radius 2 is 1.85 bits per heavy atom. The molecular weight excluding hydrogens is 274 g/mol. The molecule has 0 amide bonds. The van der Waals surface area contributed by atoms with Crippen molar-refractivity contribution >= 4 is 11.8 Å². The number of hydrogen-bond donors (Lipinski definition) is 2. The molecule has 0 saturated heterocycles. The van der Waals surface area contributed by atoms with E-state index in [4.69, 9.17) is 9.47 Å². The number of phenolic OH excluding ortho intramolecular Hbond substituents is 1. The van der Waals surface area contributed by atoms with E-state index < -0.39 is 0 Å². The molecule has 0 aliphatic heterocycles. The quantitative estimate of drug-likeness (QED) is 0.686. The van der Waals surface area contributed by atoms with Crippen LogP contribution in [0.1, 0.15) is 25.8 Å². The summed E-state index contributed by atoms with van der Waals surface area (Å²) in [6.45, 7) is 5.09. The molecular formula is C15H25NO3S. The zero-order chi connectivity index (χ0) is 15.0. The van der Waals surface area contributed by atoms with E-state index in [2.05, 4.69) is 19.2 Å². The van der Waals surface area contributed by atoms with Gasteiger partial charge < -0.3 is 19.9 Å². The van der Waals surface area contributed by atoms with Crippen LogP contribution in [-0.4, -0.2) is 36.9 Å². The third-order valence-electron chi connectivity index (χ3n) is 3.09. The zero-order valence-electron chi connectivity index (χ0n) is 12.7. The van der Waals surface area contributed by atoms with Gasteiger partial charge in [-0.15, -0.1) is 0 Å². The lowest BCUT2D eigenvalue weighted by molar-refractivity contribution is 0.338. The van der Waals surface area contributed by atoms with Crippen LogP contribution in [-0.2, 0) is 6.54 Å². The molecule has 4 nitrogen and oxygen atoms in total. The Hall–Kier alpha value is -1.07. The molecule has 20 heavy (non-hydrogen) atoms. The lowest BCUT2D eigenvalue weighted by atomic mass is 10.1. The third-order valence-corrected chi connectivity index (χ3v) is 4.03. The van der Waals surface area contributed by atoms with Crippen LogP contribution in [0.3, 0.4) is 0 Å². The molecule has 0 heterocycles. The maximum Gasteiger partial charge on any atom is 0.200 e. The number of phenols is 1. The van der Waals surface area contributed by atoms with Crippen LogP contribution >= 0.6 is 11.8 Å². The molecule has 5 heteroatoms. The first-order valence-corrected chi connectivity index (χ1v) is 8.02. The van der Waals surface area contributed by atoms with Gasteiger partial charge >= 0.3 is 0 Å². The van der Waals surface area contributed by atoms with Gasteiger partial charge in [0.15, 0.2) is 11.5 Å². The standard InChI is InChI=1S/C15H25NO3S/c1-5-20-7-6-11(2)16-10-12-8-13(18-3)15(17)14(9-12)19-4/h8-9,11,16-17H,5-7,10H2,1-4H3. The highest BCUT2D eigenvalue weighted by atomic mass is 32.2. The summed E-state index contributed by atoms with van der Waals surface area (Å²) in [4.78, 5) is 0. The highest BCUT2D eigenvalue weighted by molar-refractivity contribution is 7.99. The van der Waals surface area contributed by atoms with Crippen molar-refractivity contribution in [1.82, 2.24) is 5.32 Å². The number of benzene rings is 1. The molecule has 0 fully saturated rings. The van der Waals surface area contributed by atoms with E-state index >= 15 is 0 Å². The fraction of sp³-hybridized carbons (Fsp3) is 0.600. The zero-order valence-corrected chi connectivity index (χ0v) is 13.5. The number of rotatable bonds is 9. The summed E-state index contributed by atoms with van der Waals surface area (Å²) >= 11 is 1.96. The Labute approximate surface area is 125 Å². The van der Waals surface area contributed by atoms with Gasteiger partial charge in [-0.2, -0.15) is 11.8 Å². The topological polar surface area (TPSA) is 50.7 Å². The molecule has 0 aliphatic carbocycles. The summed E-state index contributed by atoms with van der Waals surface area (Å²) in [5.74, 6) is 3.27. The summed E-state index contributed by atoms with van der Waals surface area (Å²) < 4.78 is 10.3. The second kappa shape index (κ2) is 8.97. The summed E-state index contributed by atoms with van der Waals surface area (Å²) in [6, 6.07) is 4.12. The highest BCUT2D eigenvalue weighted by Crippen LogP contribution is 2.37. The lowest BCUT2D eigenvalue weighted by Crippen LogP contribution is -2.26. The van der Waals surface area contributed by atoms with Crippen molar-refractivity contribution < 1.29 is 14.6 Å². The molecule has 0 spiro atoms. The molecule has 0 aromatic heterocycles. The van der Waals surface area contributed by atoms with Crippen LogP contribution in [0.15, 0.2) is 12.1 Å². The minimum atomic E-state index is 0.0474. The second-order valence-corrected chi connectivity index (χ2v) is 6.01. The summed E-state index contributed by atoms with van der Waals surface area (Å²) in [5, 5.41) is 13.3. The van der Waals surface area contributed by atoms with Gasteiger partial charge in [0.1, 0.15) is 0 Å². The molecule has 114 valence electrons. The highest BCUT2D eigenvalue weighted by Gasteiger charge is 2.11. The smallest absolute Gasteiger partial charge is 0.200 e. The maximum atomic E-state index is 9.86. The lowest BCUT2D eigenvalue weighted by Gasteiger charge is -2.15. The van der Waals surface area contributed by atoms with Gasteiger partial charge in [-0.25, -0.2) is 0 Å². The van der Waals surface area contributed by atoms with Crippen molar-refractivity contribution in [1.29, 1.82) is 0 Å². The average molecular weight is 299 g/mol. The van der Waals surface area contributed by atoms with E-state index in [0.717, 1.165) is 18.5 Å². The predicted octanol–water partition coefficient (Wildman–Crippen LogP) is 3.03. The van der Waals surface area contributed by atoms with Crippen LogP contribution < -0.4 is 14.8 Å². The van der Waals surface area contributed by atoms with Crippen LogP contribution in [0.25, 0.3) is 0 Å². The minimum absolute atomic E-state index is 0.0474. The number of thioether (sulfide) groups is 1. The third kappa shape index (κ3) is 5.13. The molecule has 0 saturated carbocycles. The number of nitrogens with one attached hydrogen (secondary N) is 1. The van der Waals surface area contributed by atoms with Crippen LogP contribution in [0.5, 0.6) is 17.2 Å². The van der Waals surface area contributed by atoms with E-state index in [1.807, 2.05) is 23.9 Å². The molecule has 1 atom stereocenters. The first-order valence-electron chi connectivity index (χ1n) is 6.87. The SMILES string of the molecule is CCSCCC(C)NCc1cc(OC)c(O)c(OC)c1. The van der Waals surface area contributed by atoms with E-state index in [9.17, 15) is 5.11 Å². The predicted molar refractivity (Wildman–Crippen MR) is 85.1 cm³/mol. The molecule has 1 unspecified atom stereocenters. The summed E-state index contributed by atoms with van der Waals surface area (Å²) in [5.41, 5.74) is 1.03. The average Bonchev–Trinajstić information content (AvgIpc) is 2.46. The van der Waals surface area contributed by atoms with Gasteiger partial charge in [-0.3, -0.25) is 0 Å². The Balaban J connectivity index is 2.59. The maximum absolute atomic E-state index is 9.86. The number of methoxy groups -OCH3 is 2. The molecule has 1 aromatic carbocycles. The first-order chi connectivity index (χ1) is 9.62. The Morgan fingerprint density at radius 3 is 2.35 bits per heavy atom. The minimum Gasteiger partial charge on any atom is -0.502 e. The van der Waals surface area contributed by atoms with Gasteiger partial charge in [0.25, 0.3) is 0 Å². The Bertz CT molecular complexity index is 387. The van der Waals surface area contributed by atoms with Crippen LogP contribution in [0, 0.1) is 0 Å². The summed E-state index contributed by atoms with van der Waals surface area (Å²) in [6.07, 6.45) is 1.14. The van der Waals surface area contributed by atoms with Crippen LogP contribution in [0.4, 0.5) is 0 Å². The summed E-state index contributed by atoms with van der Waals surface area (Å²) in [7, 11) is 3.08. The normalized spacial score (nSPS) is 12.2. The molecule has 2 N–H and O–H groups in total. The van der Waals surface area contributed by atoms with Gasteiger partial charge in [0.05, 0.1) is 14.2 Å². The largest absolute Gasteiger partial charge is 0.502 e.